The monoisotopic (exact) mass is 471 g/mol. The number of morpholine rings is 1. The van der Waals surface area contributed by atoms with Gasteiger partial charge in [0.05, 0.1) is 34.5 Å². The smallest absolute Gasteiger partial charge is 0.126 e. The van der Waals surface area contributed by atoms with Crippen molar-refractivity contribution in [1.82, 2.24) is 0 Å². The second kappa shape index (κ2) is 10.0. The Balaban J connectivity index is 1.57. The largest absolute Gasteiger partial charge is 0.497 e. The number of benzene rings is 3. The van der Waals surface area contributed by atoms with E-state index in [1.54, 1.807) is 21.3 Å². The Labute approximate surface area is 207 Å². The Bertz CT molecular complexity index is 1200. The lowest BCUT2D eigenvalue weighted by molar-refractivity contribution is 0.122. The molecule has 1 heterocycles. The Hall–Kier alpha value is -3.44. The third kappa shape index (κ3) is 4.73. The number of fused-ring (bicyclic) bond motifs is 1. The predicted molar refractivity (Wildman–Crippen MR) is 140 cm³/mol. The molecular formula is C30H33NO4. The summed E-state index contributed by atoms with van der Waals surface area (Å²) in [7, 11) is 5.12. The highest BCUT2D eigenvalue weighted by Crippen LogP contribution is 2.44. The molecule has 0 N–H and O–H groups in total. The van der Waals surface area contributed by atoms with Gasteiger partial charge in [0.25, 0.3) is 0 Å². The second-order valence-corrected chi connectivity index (χ2v) is 9.24. The van der Waals surface area contributed by atoms with Crippen molar-refractivity contribution in [3.05, 3.63) is 89.0 Å². The Morgan fingerprint density at radius 2 is 1.57 bits per heavy atom. The molecule has 5 nitrogen and oxygen atoms in total. The minimum absolute atomic E-state index is 0.261. The predicted octanol–water partition coefficient (Wildman–Crippen LogP) is 5.30. The molecule has 1 aliphatic heterocycles. The molecule has 1 unspecified atom stereocenters. The standard InChI is InChI=1S/C30H33NO4/c1-32-26-8-4-22(5-9-26)20-30(28-11-10-27(33-2)19-29(28)34-3)13-12-23-6-7-25(18-24(23)21-30)31-14-16-35-17-15-31/h4-13,18-19H,14-17,20-21H2,1-3H3. The highest BCUT2D eigenvalue weighted by Gasteiger charge is 2.36. The van der Waals surface area contributed by atoms with E-state index in [1.165, 1.54) is 22.4 Å². The Kier molecular flexibility index (Phi) is 6.69. The molecular weight excluding hydrogens is 438 g/mol. The first-order valence-corrected chi connectivity index (χ1v) is 12.1. The Morgan fingerprint density at radius 3 is 2.29 bits per heavy atom. The summed E-state index contributed by atoms with van der Waals surface area (Å²) in [4.78, 5) is 2.42. The van der Waals surface area contributed by atoms with Crippen LogP contribution in [0.5, 0.6) is 17.2 Å². The van der Waals surface area contributed by atoms with Crippen LogP contribution in [-0.4, -0.2) is 47.6 Å². The van der Waals surface area contributed by atoms with Gasteiger partial charge in [-0.2, -0.15) is 0 Å². The number of nitrogens with zero attached hydrogens (tertiary/aromatic N) is 1. The second-order valence-electron chi connectivity index (χ2n) is 9.24. The molecule has 3 aromatic carbocycles. The SMILES string of the molecule is COc1ccc(CC2(c3ccc(OC)cc3OC)C=Cc3ccc(N4CCOCC4)cc3C2)cc1. The maximum atomic E-state index is 5.89. The highest BCUT2D eigenvalue weighted by atomic mass is 16.5. The van der Waals surface area contributed by atoms with Crippen LogP contribution in [0.1, 0.15) is 22.3 Å². The van der Waals surface area contributed by atoms with Crippen LogP contribution >= 0.6 is 0 Å². The van der Waals surface area contributed by atoms with E-state index in [0.717, 1.165) is 62.0 Å². The molecule has 2 aliphatic rings. The number of ether oxygens (including phenoxy) is 4. The van der Waals surface area contributed by atoms with Gasteiger partial charge in [-0.15, -0.1) is 0 Å². The van der Waals surface area contributed by atoms with Crippen LogP contribution in [0.3, 0.4) is 0 Å². The van der Waals surface area contributed by atoms with Crippen LogP contribution in [0.15, 0.2) is 66.7 Å². The summed E-state index contributed by atoms with van der Waals surface area (Å²) in [5, 5.41) is 0. The maximum Gasteiger partial charge on any atom is 0.126 e. The first kappa shape index (κ1) is 23.3. The quantitative estimate of drug-likeness (QED) is 0.468. The van der Waals surface area contributed by atoms with Crippen molar-refractivity contribution in [3.63, 3.8) is 0 Å². The summed E-state index contributed by atoms with van der Waals surface area (Å²) in [5.41, 5.74) is 6.05. The maximum absolute atomic E-state index is 5.89. The number of methoxy groups -OCH3 is 3. The molecule has 0 radical (unpaired) electrons. The van der Waals surface area contributed by atoms with Gasteiger partial charge in [-0.25, -0.2) is 0 Å². The molecule has 35 heavy (non-hydrogen) atoms. The molecule has 0 saturated carbocycles. The fourth-order valence-corrected chi connectivity index (χ4v) is 5.29. The van der Waals surface area contributed by atoms with Crippen LogP contribution < -0.4 is 19.1 Å². The lowest BCUT2D eigenvalue weighted by Crippen LogP contribution is -2.36. The van der Waals surface area contributed by atoms with E-state index in [-0.39, 0.29) is 5.41 Å². The van der Waals surface area contributed by atoms with E-state index in [9.17, 15) is 0 Å². The molecule has 0 aromatic heterocycles. The van der Waals surface area contributed by atoms with Crippen molar-refractivity contribution >= 4 is 11.8 Å². The highest BCUT2D eigenvalue weighted by molar-refractivity contribution is 5.66. The lowest BCUT2D eigenvalue weighted by atomic mass is 9.68. The van der Waals surface area contributed by atoms with E-state index < -0.39 is 0 Å². The summed E-state index contributed by atoms with van der Waals surface area (Å²) in [6.45, 7) is 3.42. The summed E-state index contributed by atoms with van der Waals surface area (Å²) in [5.74, 6) is 2.50. The fourth-order valence-electron chi connectivity index (χ4n) is 5.29. The van der Waals surface area contributed by atoms with Gasteiger partial charge in [0.2, 0.25) is 0 Å². The van der Waals surface area contributed by atoms with Gasteiger partial charge in [-0.3, -0.25) is 0 Å². The van der Waals surface area contributed by atoms with Crippen LogP contribution in [0.2, 0.25) is 0 Å². The van der Waals surface area contributed by atoms with Crippen LogP contribution in [0, 0.1) is 0 Å². The topological polar surface area (TPSA) is 40.2 Å². The molecule has 1 aliphatic carbocycles. The van der Waals surface area contributed by atoms with Gasteiger partial charge in [-0.05, 0) is 59.9 Å². The Morgan fingerprint density at radius 1 is 0.829 bits per heavy atom. The molecule has 5 heteroatoms. The van der Waals surface area contributed by atoms with Gasteiger partial charge in [0.1, 0.15) is 17.2 Å². The van der Waals surface area contributed by atoms with Crippen LogP contribution in [0.25, 0.3) is 6.08 Å². The zero-order chi connectivity index (χ0) is 24.3. The normalized spacial score (nSPS) is 19.2. The van der Waals surface area contributed by atoms with Crippen molar-refractivity contribution < 1.29 is 18.9 Å². The third-order valence-corrected chi connectivity index (χ3v) is 7.21. The van der Waals surface area contributed by atoms with Gasteiger partial charge < -0.3 is 23.8 Å². The van der Waals surface area contributed by atoms with Crippen molar-refractivity contribution in [1.29, 1.82) is 0 Å². The minimum atomic E-state index is -0.261. The van der Waals surface area contributed by atoms with Crippen molar-refractivity contribution in [2.75, 3.05) is 52.5 Å². The molecule has 0 spiro atoms. The summed E-state index contributed by atoms with van der Waals surface area (Å²) < 4.78 is 22.3. The molecule has 1 saturated heterocycles. The van der Waals surface area contributed by atoms with Crippen LogP contribution in [-0.2, 0) is 23.0 Å². The zero-order valence-corrected chi connectivity index (χ0v) is 20.8. The van der Waals surface area contributed by atoms with Gasteiger partial charge >= 0.3 is 0 Å². The average Bonchev–Trinajstić information content (AvgIpc) is 2.93. The first-order valence-electron chi connectivity index (χ1n) is 12.1. The number of rotatable bonds is 7. The third-order valence-electron chi connectivity index (χ3n) is 7.21. The average molecular weight is 472 g/mol. The van der Waals surface area contributed by atoms with Crippen molar-refractivity contribution in [2.45, 2.75) is 18.3 Å². The summed E-state index contributed by atoms with van der Waals surface area (Å²) in [6.07, 6.45) is 6.36. The first-order chi connectivity index (χ1) is 17.1. The molecule has 1 fully saturated rings. The molecule has 5 rings (SSSR count). The van der Waals surface area contributed by atoms with E-state index >= 15 is 0 Å². The summed E-state index contributed by atoms with van der Waals surface area (Å²) >= 11 is 0. The lowest BCUT2D eigenvalue weighted by Gasteiger charge is -2.37. The van der Waals surface area contributed by atoms with Crippen molar-refractivity contribution in [3.8, 4) is 17.2 Å². The van der Waals surface area contributed by atoms with Gasteiger partial charge in [0, 0.05) is 35.8 Å². The molecule has 1 atom stereocenters. The zero-order valence-electron chi connectivity index (χ0n) is 20.8. The van der Waals surface area contributed by atoms with Crippen LogP contribution in [0.4, 0.5) is 5.69 Å². The van der Waals surface area contributed by atoms with E-state index in [2.05, 4.69) is 53.5 Å². The van der Waals surface area contributed by atoms with Gasteiger partial charge in [0.15, 0.2) is 0 Å². The van der Waals surface area contributed by atoms with Crippen molar-refractivity contribution in [2.24, 2.45) is 0 Å². The molecule has 3 aromatic rings. The molecule has 182 valence electrons. The van der Waals surface area contributed by atoms with E-state index in [1.807, 2.05) is 24.3 Å². The summed E-state index contributed by atoms with van der Waals surface area (Å²) in [6, 6.07) is 21.4. The van der Waals surface area contributed by atoms with E-state index in [0.29, 0.717) is 0 Å². The number of allylic oxidation sites excluding steroid dienone is 1. The van der Waals surface area contributed by atoms with Gasteiger partial charge in [-0.1, -0.05) is 36.4 Å². The van der Waals surface area contributed by atoms with E-state index in [4.69, 9.17) is 18.9 Å². The number of anilines is 1. The minimum Gasteiger partial charge on any atom is -0.497 e. The molecule has 0 bridgehead atoms. The number of hydrogen-bond acceptors (Lipinski definition) is 5. The molecule has 0 amide bonds. The fraction of sp³-hybridized carbons (Fsp3) is 0.333. The number of hydrogen-bond donors (Lipinski definition) is 0.